The minimum Gasteiger partial charge on any atom is -0.481 e. The first-order valence-electron chi connectivity index (χ1n) is 6.44. The molecule has 20 heavy (non-hydrogen) atoms. The average molecular weight is 299 g/mol. The molecule has 0 saturated heterocycles. The highest BCUT2D eigenvalue weighted by atomic mass is 32.2. The van der Waals surface area contributed by atoms with Gasteiger partial charge in [-0.1, -0.05) is 19.9 Å². The lowest BCUT2D eigenvalue weighted by Crippen LogP contribution is -2.35. The summed E-state index contributed by atoms with van der Waals surface area (Å²) in [4.78, 5) is 11.2. The minimum absolute atomic E-state index is 0.109. The Morgan fingerprint density at radius 2 is 1.70 bits per heavy atom. The number of rotatable bonds is 6. The molecule has 1 rings (SSSR count). The summed E-state index contributed by atoms with van der Waals surface area (Å²) in [5, 5.41) is 9.06. The standard InChI is InChI=1S/C14H21NO4S/c1-9(2)13(14(16)17)8-15-20(18,19)12-6-10(3)5-11(4)7-12/h5-7,9,13,15H,8H2,1-4H3,(H,16,17). The van der Waals surface area contributed by atoms with Gasteiger partial charge in [-0.05, 0) is 43.0 Å². The van der Waals surface area contributed by atoms with Gasteiger partial charge in [0.15, 0.2) is 0 Å². The zero-order valence-electron chi connectivity index (χ0n) is 12.2. The van der Waals surface area contributed by atoms with Crippen molar-refractivity contribution in [3.8, 4) is 0 Å². The molecule has 0 heterocycles. The fourth-order valence-electron chi connectivity index (χ4n) is 1.98. The van der Waals surface area contributed by atoms with Crippen molar-refractivity contribution in [3.05, 3.63) is 29.3 Å². The highest BCUT2D eigenvalue weighted by Crippen LogP contribution is 2.16. The van der Waals surface area contributed by atoms with E-state index in [1.165, 1.54) is 0 Å². The van der Waals surface area contributed by atoms with Crippen LogP contribution in [0.4, 0.5) is 0 Å². The molecule has 0 saturated carbocycles. The summed E-state index contributed by atoms with van der Waals surface area (Å²) in [5.41, 5.74) is 1.70. The third-order valence-corrected chi connectivity index (χ3v) is 4.52. The third kappa shape index (κ3) is 4.31. The lowest BCUT2D eigenvalue weighted by atomic mass is 9.97. The van der Waals surface area contributed by atoms with Gasteiger partial charge in [-0.2, -0.15) is 0 Å². The average Bonchev–Trinajstić information content (AvgIpc) is 2.26. The van der Waals surface area contributed by atoms with Crippen LogP contribution < -0.4 is 4.72 Å². The van der Waals surface area contributed by atoms with Crippen LogP contribution in [0.25, 0.3) is 0 Å². The maximum Gasteiger partial charge on any atom is 0.308 e. The van der Waals surface area contributed by atoms with Gasteiger partial charge in [0, 0.05) is 6.54 Å². The third-order valence-electron chi connectivity index (χ3n) is 3.12. The first kappa shape index (κ1) is 16.7. The molecule has 0 aromatic heterocycles. The molecule has 0 bridgehead atoms. The van der Waals surface area contributed by atoms with Gasteiger partial charge in [-0.3, -0.25) is 4.79 Å². The molecular weight excluding hydrogens is 278 g/mol. The van der Waals surface area contributed by atoms with Crippen LogP contribution in [0.5, 0.6) is 0 Å². The van der Waals surface area contributed by atoms with E-state index in [-0.39, 0.29) is 17.4 Å². The van der Waals surface area contributed by atoms with E-state index in [0.717, 1.165) is 11.1 Å². The smallest absolute Gasteiger partial charge is 0.308 e. The minimum atomic E-state index is -3.68. The monoisotopic (exact) mass is 299 g/mol. The highest BCUT2D eigenvalue weighted by Gasteiger charge is 2.24. The molecular formula is C14H21NO4S. The Labute approximate surface area is 120 Å². The Bertz CT molecular complexity index is 573. The Morgan fingerprint density at radius 3 is 2.10 bits per heavy atom. The van der Waals surface area contributed by atoms with Gasteiger partial charge >= 0.3 is 5.97 Å². The van der Waals surface area contributed by atoms with E-state index in [1.54, 1.807) is 26.0 Å². The number of aliphatic carboxylic acids is 1. The van der Waals surface area contributed by atoms with Crippen molar-refractivity contribution in [1.29, 1.82) is 0 Å². The van der Waals surface area contributed by atoms with Gasteiger partial charge in [0.05, 0.1) is 10.8 Å². The van der Waals surface area contributed by atoms with Crippen molar-refractivity contribution in [3.63, 3.8) is 0 Å². The van der Waals surface area contributed by atoms with E-state index in [0.29, 0.717) is 0 Å². The topological polar surface area (TPSA) is 83.5 Å². The Morgan fingerprint density at radius 1 is 1.20 bits per heavy atom. The molecule has 112 valence electrons. The second kappa shape index (κ2) is 6.37. The van der Waals surface area contributed by atoms with Gasteiger partial charge in [-0.25, -0.2) is 13.1 Å². The van der Waals surface area contributed by atoms with Gasteiger partial charge < -0.3 is 5.11 Å². The first-order valence-corrected chi connectivity index (χ1v) is 7.92. The predicted molar refractivity (Wildman–Crippen MR) is 77.1 cm³/mol. The lowest BCUT2D eigenvalue weighted by Gasteiger charge is -2.17. The molecule has 1 unspecified atom stereocenters. The van der Waals surface area contributed by atoms with Crippen LogP contribution in [0.3, 0.4) is 0 Å². The second-order valence-corrected chi connectivity index (χ2v) is 7.13. The number of sulfonamides is 1. The predicted octanol–water partition coefficient (Wildman–Crippen LogP) is 1.94. The molecule has 5 nitrogen and oxygen atoms in total. The van der Waals surface area contributed by atoms with Crippen molar-refractivity contribution in [2.24, 2.45) is 11.8 Å². The molecule has 0 aliphatic rings. The van der Waals surface area contributed by atoms with E-state index >= 15 is 0 Å². The molecule has 6 heteroatoms. The summed E-state index contributed by atoms with van der Waals surface area (Å²) in [6.07, 6.45) is 0. The largest absolute Gasteiger partial charge is 0.481 e. The number of aryl methyl sites for hydroxylation is 2. The number of carboxylic acids is 1. The molecule has 1 aromatic rings. The molecule has 2 N–H and O–H groups in total. The van der Waals surface area contributed by atoms with Gasteiger partial charge in [-0.15, -0.1) is 0 Å². The van der Waals surface area contributed by atoms with Crippen LogP contribution in [-0.4, -0.2) is 26.0 Å². The van der Waals surface area contributed by atoms with Crippen molar-refractivity contribution in [2.75, 3.05) is 6.54 Å². The van der Waals surface area contributed by atoms with Crippen molar-refractivity contribution in [1.82, 2.24) is 4.72 Å². The number of benzene rings is 1. The summed E-state index contributed by atoms with van der Waals surface area (Å²) in [7, 11) is -3.68. The summed E-state index contributed by atoms with van der Waals surface area (Å²) in [6.45, 7) is 7.04. The summed E-state index contributed by atoms with van der Waals surface area (Å²) >= 11 is 0. The van der Waals surface area contributed by atoms with Crippen molar-refractivity contribution < 1.29 is 18.3 Å². The fraction of sp³-hybridized carbons (Fsp3) is 0.500. The van der Waals surface area contributed by atoms with Gasteiger partial charge in [0.25, 0.3) is 0 Å². The van der Waals surface area contributed by atoms with Crippen molar-refractivity contribution >= 4 is 16.0 Å². The molecule has 0 aliphatic carbocycles. The normalized spacial score (nSPS) is 13.4. The SMILES string of the molecule is Cc1cc(C)cc(S(=O)(=O)NCC(C(=O)O)C(C)C)c1. The number of carboxylic acid groups (broad SMARTS) is 1. The van der Waals surface area contributed by atoms with E-state index in [4.69, 9.17) is 5.11 Å². The molecule has 1 aromatic carbocycles. The summed E-state index contributed by atoms with van der Waals surface area (Å²) in [6, 6.07) is 5.02. The zero-order valence-corrected chi connectivity index (χ0v) is 13.0. The Kier molecular flexibility index (Phi) is 5.30. The second-order valence-electron chi connectivity index (χ2n) is 5.36. The van der Waals surface area contributed by atoms with Crippen LogP contribution in [0.2, 0.25) is 0 Å². The Balaban J connectivity index is 2.92. The molecule has 1 atom stereocenters. The zero-order chi connectivity index (χ0) is 15.5. The van der Waals surface area contributed by atoms with Crippen LogP contribution in [0, 0.1) is 25.7 Å². The Hall–Kier alpha value is -1.40. The maximum absolute atomic E-state index is 12.2. The number of hydrogen-bond acceptors (Lipinski definition) is 3. The fourth-order valence-corrected chi connectivity index (χ4v) is 3.23. The molecule has 0 amide bonds. The van der Waals surface area contributed by atoms with Gasteiger partial charge in [0.1, 0.15) is 0 Å². The van der Waals surface area contributed by atoms with E-state index in [2.05, 4.69) is 4.72 Å². The van der Waals surface area contributed by atoms with Crippen LogP contribution >= 0.6 is 0 Å². The van der Waals surface area contributed by atoms with Gasteiger partial charge in [0.2, 0.25) is 10.0 Å². The van der Waals surface area contributed by atoms with Crippen molar-refractivity contribution in [2.45, 2.75) is 32.6 Å². The molecule has 0 aliphatic heterocycles. The number of hydrogen-bond donors (Lipinski definition) is 2. The number of carbonyl (C=O) groups is 1. The van der Waals surface area contributed by atoms with E-state index < -0.39 is 21.9 Å². The maximum atomic E-state index is 12.2. The summed E-state index contributed by atoms with van der Waals surface area (Å²) < 4.78 is 26.7. The molecule has 0 fully saturated rings. The van der Waals surface area contributed by atoms with E-state index in [9.17, 15) is 13.2 Å². The van der Waals surface area contributed by atoms with Crippen LogP contribution in [-0.2, 0) is 14.8 Å². The van der Waals surface area contributed by atoms with E-state index in [1.807, 2.05) is 19.9 Å². The lowest BCUT2D eigenvalue weighted by molar-refractivity contribution is -0.142. The summed E-state index contributed by atoms with van der Waals surface area (Å²) in [5.74, 6) is -1.88. The van der Waals surface area contributed by atoms with Crippen LogP contribution in [0.1, 0.15) is 25.0 Å². The highest BCUT2D eigenvalue weighted by molar-refractivity contribution is 7.89. The quantitative estimate of drug-likeness (QED) is 0.841. The van der Waals surface area contributed by atoms with Crippen LogP contribution in [0.15, 0.2) is 23.1 Å². The molecule has 0 radical (unpaired) electrons. The molecule has 0 spiro atoms. The number of nitrogens with one attached hydrogen (secondary N) is 1. The first-order chi connectivity index (χ1) is 9.13.